The molecule has 1 aliphatic heterocycles. The van der Waals surface area contributed by atoms with E-state index in [2.05, 4.69) is 25.3 Å². The molecule has 1 saturated heterocycles. The third-order valence-electron chi connectivity index (χ3n) is 5.54. The lowest BCUT2D eigenvalue weighted by molar-refractivity contribution is -0.120. The predicted molar refractivity (Wildman–Crippen MR) is 126 cm³/mol. The molecule has 1 aliphatic rings. The SMILES string of the molecule is Cc1cc(C)nc(NC(=O)C2CN(c3nc4c(cc3F)c(=O)c(C(=O)O)cn4-c3nccs3)C2)n1. The molecular formula is C22H18FN7O4S. The van der Waals surface area contributed by atoms with Crippen LogP contribution in [0.2, 0.25) is 0 Å². The summed E-state index contributed by atoms with van der Waals surface area (Å²) in [5.41, 5.74) is 0.164. The first-order valence-electron chi connectivity index (χ1n) is 10.5. The molecule has 5 heterocycles. The average Bonchev–Trinajstić information content (AvgIpc) is 3.27. The molecule has 11 nitrogen and oxygen atoms in total. The summed E-state index contributed by atoms with van der Waals surface area (Å²) < 4.78 is 16.4. The fourth-order valence-corrected chi connectivity index (χ4v) is 4.50. The topological polar surface area (TPSA) is 143 Å². The van der Waals surface area contributed by atoms with Crippen molar-refractivity contribution in [1.82, 2.24) is 24.5 Å². The molecule has 0 unspecified atom stereocenters. The molecule has 1 fully saturated rings. The van der Waals surface area contributed by atoms with Crippen LogP contribution in [0.4, 0.5) is 16.2 Å². The molecular weight excluding hydrogens is 477 g/mol. The van der Waals surface area contributed by atoms with Gasteiger partial charge in [-0.25, -0.2) is 29.1 Å². The Bertz CT molecular complexity index is 1530. The molecule has 4 aromatic heterocycles. The number of aryl methyl sites for hydroxylation is 2. The van der Waals surface area contributed by atoms with Crippen LogP contribution in [0.3, 0.4) is 0 Å². The van der Waals surface area contributed by atoms with Gasteiger partial charge in [0.2, 0.25) is 17.3 Å². The second-order valence-corrected chi connectivity index (χ2v) is 8.97. The van der Waals surface area contributed by atoms with Crippen molar-refractivity contribution >= 4 is 46.0 Å². The highest BCUT2D eigenvalue weighted by Gasteiger charge is 2.36. The Labute approximate surface area is 200 Å². The minimum atomic E-state index is -1.43. The van der Waals surface area contributed by atoms with E-state index in [0.717, 1.165) is 23.7 Å². The fourth-order valence-electron chi connectivity index (χ4n) is 3.88. The summed E-state index contributed by atoms with van der Waals surface area (Å²) in [6, 6.07) is 2.77. The van der Waals surface area contributed by atoms with Crippen molar-refractivity contribution < 1.29 is 19.1 Å². The Morgan fingerprint density at radius 2 is 1.89 bits per heavy atom. The van der Waals surface area contributed by atoms with Crippen molar-refractivity contribution in [2.24, 2.45) is 5.92 Å². The number of pyridine rings is 2. The van der Waals surface area contributed by atoms with Crippen molar-refractivity contribution in [3.63, 3.8) is 0 Å². The summed E-state index contributed by atoms with van der Waals surface area (Å²) in [5.74, 6) is -2.79. The van der Waals surface area contributed by atoms with E-state index in [9.17, 15) is 19.5 Å². The van der Waals surface area contributed by atoms with Gasteiger partial charge in [0.25, 0.3) is 0 Å². The number of amides is 1. The molecule has 35 heavy (non-hydrogen) atoms. The van der Waals surface area contributed by atoms with Gasteiger partial charge in [-0.05, 0) is 26.0 Å². The number of carboxylic acid groups (broad SMARTS) is 1. The summed E-state index contributed by atoms with van der Waals surface area (Å²) in [7, 11) is 0. The van der Waals surface area contributed by atoms with Gasteiger partial charge in [0, 0.05) is 42.3 Å². The lowest BCUT2D eigenvalue weighted by Crippen LogP contribution is -2.53. The van der Waals surface area contributed by atoms with Gasteiger partial charge in [-0.15, -0.1) is 11.3 Å². The number of thiazole rings is 1. The Morgan fingerprint density at radius 1 is 1.17 bits per heavy atom. The van der Waals surface area contributed by atoms with Crippen molar-refractivity contribution in [3.05, 3.63) is 62.9 Å². The number of hydrogen-bond acceptors (Lipinski definition) is 9. The van der Waals surface area contributed by atoms with Crippen LogP contribution in [0.1, 0.15) is 21.7 Å². The number of rotatable bonds is 5. The number of aromatic nitrogens is 5. The van der Waals surface area contributed by atoms with Crippen LogP contribution < -0.4 is 15.6 Å². The van der Waals surface area contributed by atoms with Gasteiger partial charge in [-0.1, -0.05) is 0 Å². The second kappa shape index (κ2) is 8.51. The molecule has 2 N–H and O–H groups in total. The number of carbonyl (C=O) groups is 2. The first-order chi connectivity index (χ1) is 16.7. The lowest BCUT2D eigenvalue weighted by Gasteiger charge is -2.39. The third kappa shape index (κ3) is 4.10. The first-order valence-corrected chi connectivity index (χ1v) is 11.4. The number of carbonyl (C=O) groups excluding carboxylic acids is 1. The van der Waals surface area contributed by atoms with E-state index >= 15 is 4.39 Å². The second-order valence-electron chi connectivity index (χ2n) is 8.09. The van der Waals surface area contributed by atoms with Crippen molar-refractivity contribution in [2.75, 3.05) is 23.3 Å². The van der Waals surface area contributed by atoms with E-state index < -0.39 is 28.7 Å². The Morgan fingerprint density at radius 3 is 2.51 bits per heavy atom. The van der Waals surface area contributed by atoms with Crippen LogP contribution in [0.5, 0.6) is 0 Å². The van der Waals surface area contributed by atoms with E-state index in [-0.39, 0.29) is 41.8 Å². The van der Waals surface area contributed by atoms with E-state index in [1.54, 1.807) is 30.2 Å². The molecule has 178 valence electrons. The number of hydrogen-bond donors (Lipinski definition) is 2. The molecule has 0 saturated carbocycles. The minimum Gasteiger partial charge on any atom is -0.477 e. The van der Waals surface area contributed by atoms with Crippen LogP contribution in [0.25, 0.3) is 16.2 Å². The summed E-state index contributed by atoms with van der Waals surface area (Å²) in [6.45, 7) is 3.99. The smallest absolute Gasteiger partial charge is 0.341 e. The Balaban J connectivity index is 1.45. The van der Waals surface area contributed by atoms with E-state index in [1.807, 2.05) is 0 Å². The maximum Gasteiger partial charge on any atom is 0.341 e. The third-order valence-corrected chi connectivity index (χ3v) is 6.31. The maximum absolute atomic E-state index is 15.0. The number of anilines is 2. The molecule has 1 amide bonds. The first kappa shape index (κ1) is 22.5. The minimum absolute atomic E-state index is 0.0445. The van der Waals surface area contributed by atoms with Gasteiger partial charge in [0.15, 0.2) is 22.4 Å². The molecule has 5 rings (SSSR count). The van der Waals surface area contributed by atoms with Gasteiger partial charge in [-0.3, -0.25) is 19.5 Å². The van der Waals surface area contributed by atoms with Gasteiger partial charge in [-0.2, -0.15) is 0 Å². The standard InChI is InChI=1S/C22H18FN7O4S/c1-10-5-11(2)26-21(25-10)28-19(32)12-7-29(8-12)18-15(23)6-13-16(31)14(20(33)34)9-30(17(13)27-18)22-24-3-4-35-22/h3-6,9,12H,7-8H2,1-2H3,(H,33,34)(H,25,26,28,32). The number of carboxylic acids is 1. The molecule has 0 aliphatic carbocycles. The average molecular weight is 495 g/mol. The zero-order valence-corrected chi connectivity index (χ0v) is 19.3. The van der Waals surface area contributed by atoms with Crippen LogP contribution in [0.15, 0.2) is 34.7 Å². The molecule has 0 bridgehead atoms. The Kier molecular flexibility index (Phi) is 5.47. The number of aromatic carboxylic acids is 1. The largest absolute Gasteiger partial charge is 0.477 e. The zero-order chi connectivity index (χ0) is 24.9. The van der Waals surface area contributed by atoms with Crippen LogP contribution in [-0.4, -0.2) is 54.6 Å². The maximum atomic E-state index is 15.0. The van der Waals surface area contributed by atoms with Crippen LogP contribution in [0, 0.1) is 25.6 Å². The molecule has 13 heteroatoms. The Hall–Kier alpha value is -4.26. The molecule has 0 radical (unpaired) electrons. The van der Waals surface area contributed by atoms with Gasteiger partial charge in [0.1, 0.15) is 5.56 Å². The van der Waals surface area contributed by atoms with Gasteiger partial charge < -0.3 is 10.0 Å². The molecule has 4 aromatic rings. The van der Waals surface area contributed by atoms with Crippen molar-refractivity contribution in [2.45, 2.75) is 13.8 Å². The monoisotopic (exact) mass is 495 g/mol. The zero-order valence-electron chi connectivity index (χ0n) is 18.5. The molecule has 0 spiro atoms. The van der Waals surface area contributed by atoms with Crippen LogP contribution in [-0.2, 0) is 4.79 Å². The van der Waals surface area contributed by atoms with E-state index in [1.165, 1.54) is 22.1 Å². The van der Waals surface area contributed by atoms with Crippen LogP contribution >= 0.6 is 11.3 Å². The fraction of sp³-hybridized carbons (Fsp3) is 0.227. The molecule has 0 aromatic carbocycles. The quantitative estimate of drug-likeness (QED) is 0.426. The summed E-state index contributed by atoms with van der Waals surface area (Å²) in [6.07, 6.45) is 2.66. The molecule has 0 atom stereocenters. The van der Waals surface area contributed by atoms with Gasteiger partial charge >= 0.3 is 5.97 Å². The van der Waals surface area contributed by atoms with E-state index in [4.69, 9.17) is 0 Å². The predicted octanol–water partition coefficient (Wildman–Crippen LogP) is 2.16. The summed E-state index contributed by atoms with van der Waals surface area (Å²) in [4.78, 5) is 55.3. The highest BCUT2D eigenvalue weighted by atomic mass is 32.1. The van der Waals surface area contributed by atoms with E-state index in [0.29, 0.717) is 5.13 Å². The highest BCUT2D eigenvalue weighted by molar-refractivity contribution is 7.12. The number of nitrogens with zero attached hydrogens (tertiary/aromatic N) is 6. The summed E-state index contributed by atoms with van der Waals surface area (Å²) in [5, 5.41) is 14.0. The number of halogens is 1. The van der Waals surface area contributed by atoms with Crippen molar-refractivity contribution in [1.29, 1.82) is 0 Å². The summed E-state index contributed by atoms with van der Waals surface area (Å²) >= 11 is 1.21. The van der Waals surface area contributed by atoms with Gasteiger partial charge in [0.05, 0.1) is 11.3 Å². The lowest BCUT2D eigenvalue weighted by atomic mass is 9.99. The number of fused-ring (bicyclic) bond motifs is 1. The normalized spacial score (nSPS) is 13.6. The van der Waals surface area contributed by atoms with Crippen molar-refractivity contribution in [3.8, 4) is 5.13 Å². The highest BCUT2D eigenvalue weighted by Crippen LogP contribution is 2.29. The number of nitrogens with one attached hydrogen (secondary N) is 1.